The second-order valence-electron chi connectivity index (χ2n) is 7.09. The van der Waals surface area contributed by atoms with Crippen LogP contribution in [0.5, 0.6) is 0 Å². The molecule has 0 unspecified atom stereocenters. The number of hydrogen-bond donors (Lipinski definition) is 2. The summed E-state index contributed by atoms with van der Waals surface area (Å²) in [5.74, 6) is -0.773. The maximum absolute atomic E-state index is 13.3. The van der Waals surface area contributed by atoms with Gasteiger partial charge in [-0.15, -0.1) is 0 Å². The molecule has 1 atom stereocenters. The number of aromatic nitrogens is 4. The van der Waals surface area contributed by atoms with Crippen LogP contribution in [0.1, 0.15) is 35.3 Å². The van der Waals surface area contributed by atoms with E-state index >= 15 is 0 Å². The number of sulfonamides is 1. The van der Waals surface area contributed by atoms with Crippen LogP contribution in [0.2, 0.25) is 0 Å². The Morgan fingerprint density at radius 1 is 1.12 bits per heavy atom. The molecule has 0 bridgehead atoms. The summed E-state index contributed by atoms with van der Waals surface area (Å²) in [6.45, 7) is 1.85. The molecule has 11 heteroatoms. The first-order valence-electron chi connectivity index (χ1n) is 9.64. The normalized spacial score (nSPS) is 12.6. The monoisotopic (exact) mass is 454 g/mol. The number of hydrogen-bond acceptors (Lipinski definition) is 6. The lowest BCUT2D eigenvalue weighted by molar-refractivity contribution is 0.0937. The van der Waals surface area contributed by atoms with Crippen molar-refractivity contribution in [3.8, 4) is 5.69 Å². The summed E-state index contributed by atoms with van der Waals surface area (Å²) in [4.78, 5) is 21.0. The molecule has 4 rings (SSSR count). The van der Waals surface area contributed by atoms with E-state index in [1.807, 2.05) is 6.92 Å². The molecule has 9 nitrogen and oxygen atoms in total. The minimum Gasteiger partial charge on any atom is -0.345 e. The molecule has 3 heterocycles. The summed E-state index contributed by atoms with van der Waals surface area (Å²) in [5, 5.41) is 13.0. The van der Waals surface area contributed by atoms with E-state index in [1.165, 1.54) is 30.6 Å². The Morgan fingerprint density at radius 2 is 1.84 bits per heavy atom. The highest BCUT2D eigenvalue weighted by Crippen LogP contribution is 2.23. The van der Waals surface area contributed by atoms with Gasteiger partial charge in [0.15, 0.2) is 0 Å². The second-order valence-corrected chi connectivity index (χ2v) is 8.65. The third-order valence-corrected chi connectivity index (χ3v) is 5.87. The van der Waals surface area contributed by atoms with Crippen molar-refractivity contribution in [1.29, 1.82) is 0 Å². The Kier molecular flexibility index (Phi) is 5.68. The number of rotatable bonds is 6. The fourth-order valence-corrected chi connectivity index (χ4v) is 3.86. The van der Waals surface area contributed by atoms with E-state index in [1.54, 1.807) is 29.2 Å². The first-order chi connectivity index (χ1) is 15.3. The number of pyridine rings is 2. The number of halogens is 1. The van der Waals surface area contributed by atoms with Crippen LogP contribution < -0.4 is 10.5 Å². The van der Waals surface area contributed by atoms with Gasteiger partial charge in [-0.25, -0.2) is 22.6 Å². The molecule has 0 saturated carbocycles. The zero-order chi connectivity index (χ0) is 22.9. The minimum atomic E-state index is -3.92. The molecule has 0 spiro atoms. The zero-order valence-corrected chi connectivity index (χ0v) is 17.8. The topological polar surface area (TPSA) is 133 Å². The molecule has 3 N–H and O–H groups in total. The van der Waals surface area contributed by atoms with E-state index in [0.717, 1.165) is 6.20 Å². The van der Waals surface area contributed by atoms with Crippen LogP contribution in [0, 0.1) is 5.82 Å². The molecule has 0 fully saturated rings. The van der Waals surface area contributed by atoms with Gasteiger partial charge in [0.1, 0.15) is 10.7 Å². The Labute approximate surface area is 183 Å². The fraction of sp³-hybridized carbons (Fsp3) is 0.143. The Hall–Kier alpha value is -3.70. The maximum atomic E-state index is 13.3. The lowest BCUT2D eigenvalue weighted by atomic mass is 10.1. The van der Waals surface area contributed by atoms with Crippen molar-refractivity contribution in [3.63, 3.8) is 0 Å². The van der Waals surface area contributed by atoms with Gasteiger partial charge in [-0.05, 0) is 42.3 Å². The molecule has 3 aromatic heterocycles. The first-order valence-corrected chi connectivity index (χ1v) is 11.2. The third kappa shape index (κ3) is 4.20. The number of nitrogens with two attached hydrogens (primary N) is 1. The van der Waals surface area contributed by atoms with E-state index < -0.39 is 22.0 Å². The van der Waals surface area contributed by atoms with Crippen molar-refractivity contribution < 1.29 is 17.6 Å². The molecular formula is C21H19FN6O3S. The highest BCUT2D eigenvalue weighted by atomic mass is 32.2. The highest BCUT2D eigenvalue weighted by Gasteiger charge is 2.20. The molecule has 0 radical (unpaired) electrons. The molecule has 0 aliphatic heterocycles. The third-order valence-electron chi connectivity index (χ3n) is 4.99. The SMILES string of the molecule is CC[C@H](NC(=O)c1cncc2c1cnn2-c1ccc(F)cc1)c1cncc(S(N)(=O)=O)c1. The minimum absolute atomic E-state index is 0.132. The van der Waals surface area contributed by atoms with Crippen molar-refractivity contribution in [2.24, 2.45) is 5.14 Å². The van der Waals surface area contributed by atoms with Crippen LogP contribution in [0.4, 0.5) is 4.39 Å². The van der Waals surface area contributed by atoms with Crippen LogP contribution in [0.25, 0.3) is 16.6 Å². The van der Waals surface area contributed by atoms with Crippen LogP contribution in [-0.4, -0.2) is 34.1 Å². The van der Waals surface area contributed by atoms with Gasteiger partial charge in [-0.2, -0.15) is 5.10 Å². The van der Waals surface area contributed by atoms with Crippen LogP contribution >= 0.6 is 0 Å². The zero-order valence-electron chi connectivity index (χ0n) is 16.9. The van der Waals surface area contributed by atoms with E-state index in [9.17, 15) is 17.6 Å². The van der Waals surface area contributed by atoms with Gasteiger partial charge in [-0.1, -0.05) is 6.92 Å². The van der Waals surface area contributed by atoms with Crippen molar-refractivity contribution in [1.82, 2.24) is 25.1 Å². The van der Waals surface area contributed by atoms with Crippen LogP contribution in [0.15, 0.2) is 66.2 Å². The van der Waals surface area contributed by atoms with Gasteiger partial charge in [0.05, 0.1) is 35.2 Å². The summed E-state index contributed by atoms with van der Waals surface area (Å²) >= 11 is 0. The Bertz CT molecular complexity index is 1400. The van der Waals surface area contributed by atoms with Gasteiger partial charge >= 0.3 is 0 Å². The number of nitrogens with one attached hydrogen (secondary N) is 1. The van der Waals surface area contributed by atoms with Crippen LogP contribution in [0.3, 0.4) is 0 Å². The van der Waals surface area contributed by atoms with Crippen molar-refractivity contribution in [2.75, 3.05) is 0 Å². The predicted molar refractivity (Wildman–Crippen MR) is 115 cm³/mol. The summed E-state index contributed by atoms with van der Waals surface area (Å²) in [7, 11) is -3.92. The van der Waals surface area contributed by atoms with Crippen molar-refractivity contribution in [3.05, 3.63) is 78.3 Å². The average molecular weight is 454 g/mol. The van der Waals surface area contributed by atoms with Gasteiger partial charge in [0.25, 0.3) is 5.91 Å². The predicted octanol–water partition coefficient (Wildman–Crippen LogP) is 2.48. The maximum Gasteiger partial charge on any atom is 0.254 e. The van der Waals surface area contributed by atoms with E-state index in [-0.39, 0.29) is 10.7 Å². The summed E-state index contributed by atoms with van der Waals surface area (Å²) in [5.41, 5.74) is 2.01. The van der Waals surface area contributed by atoms with Gasteiger partial charge in [0.2, 0.25) is 10.0 Å². The van der Waals surface area contributed by atoms with Crippen molar-refractivity contribution in [2.45, 2.75) is 24.3 Å². The summed E-state index contributed by atoms with van der Waals surface area (Å²) < 4.78 is 38.1. The average Bonchev–Trinajstić information content (AvgIpc) is 3.21. The quantitative estimate of drug-likeness (QED) is 0.460. The fourth-order valence-electron chi connectivity index (χ4n) is 3.35. The van der Waals surface area contributed by atoms with Crippen LogP contribution in [-0.2, 0) is 10.0 Å². The molecule has 4 aromatic rings. The number of carbonyl (C=O) groups excluding carboxylic acids is 1. The lowest BCUT2D eigenvalue weighted by Crippen LogP contribution is -2.28. The molecule has 164 valence electrons. The summed E-state index contributed by atoms with van der Waals surface area (Å²) in [6, 6.07) is 6.69. The molecule has 32 heavy (non-hydrogen) atoms. The molecule has 1 amide bonds. The lowest BCUT2D eigenvalue weighted by Gasteiger charge is -2.18. The smallest absolute Gasteiger partial charge is 0.254 e. The first kappa shape index (κ1) is 21.5. The van der Waals surface area contributed by atoms with E-state index in [4.69, 9.17) is 5.14 Å². The molecule has 0 aliphatic carbocycles. The number of nitrogens with zero attached hydrogens (tertiary/aromatic N) is 4. The Morgan fingerprint density at radius 3 is 2.53 bits per heavy atom. The highest BCUT2D eigenvalue weighted by molar-refractivity contribution is 7.89. The molecular weight excluding hydrogens is 435 g/mol. The largest absolute Gasteiger partial charge is 0.345 e. The van der Waals surface area contributed by atoms with E-state index in [0.29, 0.717) is 34.1 Å². The van der Waals surface area contributed by atoms with Gasteiger partial charge in [0, 0.05) is 24.0 Å². The molecule has 0 saturated heterocycles. The number of amides is 1. The number of fused-ring (bicyclic) bond motifs is 1. The number of primary sulfonamides is 1. The summed E-state index contributed by atoms with van der Waals surface area (Å²) in [6.07, 6.45) is 7.66. The van der Waals surface area contributed by atoms with Gasteiger partial charge < -0.3 is 5.32 Å². The van der Waals surface area contributed by atoms with Crippen molar-refractivity contribution >= 4 is 26.8 Å². The Balaban J connectivity index is 1.66. The van der Waals surface area contributed by atoms with E-state index in [2.05, 4.69) is 20.4 Å². The second kappa shape index (κ2) is 8.44. The standard InChI is InChI=1S/C21H19FN6O3S/c1-2-19(13-7-16(9-24-8-13)32(23,30)31)27-21(29)18-10-25-12-20-17(18)11-26-28(20)15-5-3-14(22)4-6-15/h3-12,19H,2H2,1H3,(H,27,29)(H2,23,30,31)/t19-/m0/s1. The van der Waals surface area contributed by atoms with Gasteiger partial charge in [-0.3, -0.25) is 14.8 Å². The number of benzene rings is 1. The molecule has 0 aliphatic rings. The number of carbonyl (C=O) groups is 1. The molecule has 1 aromatic carbocycles.